The van der Waals surface area contributed by atoms with E-state index >= 15 is 0 Å². The van der Waals surface area contributed by atoms with Crippen molar-refractivity contribution in [2.24, 2.45) is 0 Å². The maximum Gasteiger partial charge on any atom is 0.271 e. The number of thioether (sulfide) groups is 1. The third-order valence-electron chi connectivity index (χ3n) is 4.73. The Morgan fingerprint density at radius 3 is 2.44 bits per heavy atom. The summed E-state index contributed by atoms with van der Waals surface area (Å²) in [6.07, 6.45) is 0. The number of rotatable bonds is 11. The van der Waals surface area contributed by atoms with Crippen LogP contribution >= 0.6 is 23.4 Å². The number of carbonyl (C=O) groups excluding carboxylic acids is 1. The van der Waals surface area contributed by atoms with Crippen molar-refractivity contribution >= 4 is 50.7 Å². The van der Waals surface area contributed by atoms with E-state index in [1.54, 1.807) is 30.0 Å². The molecule has 0 spiro atoms. The molecular formula is C23H22ClN3O5S2. The summed E-state index contributed by atoms with van der Waals surface area (Å²) in [6, 6.07) is 20.3. The smallest absolute Gasteiger partial charge is 0.271 e. The quantitative estimate of drug-likeness (QED) is 0.227. The van der Waals surface area contributed by atoms with Crippen molar-refractivity contribution in [1.29, 1.82) is 0 Å². The maximum atomic E-state index is 13.3. The van der Waals surface area contributed by atoms with Crippen molar-refractivity contribution in [3.05, 3.63) is 99.6 Å². The van der Waals surface area contributed by atoms with Gasteiger partial charge in [0.05, 0.1) is 15.5 Å². The number of nitro groups is 1. The molecule has 0 heterocycles. The van der Waals surface area contributed by atoms with E-state index < -0.39 is 27.4 Å². The molecule has 3 rings (SSSR count). The number of halogens is 1. The summed E-state index contributed by atoms with van der Waals surface area (Å²) in [5.41, 5.74) is 0.745. The molecule has 0 atom stereocenters. The van der Waals surface area contributed by atoms with Crippen LogP contribution in [0.25, 0.3) is 0 Å². The highest BCUT2D eigenvalue weighted by Gasteiger charge is 2.28. The van der Waals surface area contributed by atoms with E-state index in [9.17, 15) is 23.3 Å². The van der Waals surface area contributed by atoms with E-state index in [4.69, 9.17) is 11.6 Å². The fourth-order valence-electron chi connectivity index (χ4n) is 3.04. The average Bonchev–Trinajstić information content (AvgIpc) is 2.84. The third kappa shape index (κ3) is 6.72. The van der Waals surface area contributed by atoms with Crippen LogP contribution in [0.3, 0.4) is 0 Å². The number of non-ortho nitro benzene ring substituents is 1. The van der Waals surface area contributed by atoms with E-state index in [0.29, 0.717) is 23.1 Å². The van der Waals surface area contributed by atoms with Crippen LogP contribution in [0.4, 0.5) is 11.4 Å². The fraction of sp³-hybridized carbons (Fsp3) is 0.174. The molecule has 0 aliphatic heterocycles. The van der Waals surface area contributed by atoms with Gasteiger partial charge in [-0.15, -0.1) is 0 Å². The van der Waals surface area contributed by atoms with Gasteiger partial charge in [0, 0.05) is 35.2 Å². The van der Waals surface area contributed by atoms with Gasteiger partial charge in [0.2, 0.25) is 5.91 Å². The van der Waals surface area contributed by atoms with E-state index in [2.05, 4.69) is 5.32 Å². The number of amides is 1. The van der Waals surface area contributed by atoms with Crippen molar-refractivity contribution in [3.8, 4) is 0 Å². The first kappa shape index (κ1) is 25.5. The summed E-state index contributed by atoms with van der Waals surface area (Å²) in [5.74, 6) is 0.751. The standard InChI is InChI=1S/C23H22ClN3O5S2/c24-22-12-5-4-7-18(22)17-33-14-13-25-23(28)16-26(19-8-6-9-20(15-19)27(29)30)34(31,32)21-10-2-1-3-11-21/h1-12,15H,13-14,16-17H2,(H,25,28). The topological polar surface area (TPSA) is 110 Å². The average molecular weight is 520 g/mol. The van der Waals surface area contributed by atoms with Crippen molar-refractivity contribution in [3.63, 3.8) is 0 Å². The number of carbonyl (C=O) groups is 1. The minimum atomic E-state index is -4.14. The van der Waals surface area contributed by atoms with Gasteiger partial charge >= 0.3 is 0 Å². The predicted molar refractivity (Wildman–Crippen MR) is 135 cm³/mol. The summed E-state index contributed by atoms with van der Waals surface area (Å²) < 4.78 is 27.4. The maximum absolute atomic E-state index is 13.3. The number of benzene rings is 3. The minimum absolute atomic E-state index is 0.0235. The van der Waals surface area contributed by atoms with Crippen LogP contribution in [0.1, 0.15) is 5.56 Å². The van der Waals surface area contributed by atoms with Gasteiger partial charge in [0.25, 0.3) is 15.7 Å². The van der Waals surface area contributed by atoms with E-state index in [1.807, 2.05) is 24.3 Å². The second kappa shape index (κ2) is 11.9. The molecule has 0 aliphatic carbocycles. The fourth-order valence-corrected chi connectivity index (χ4v) is 5.62. The summed E-state index contributed by atoms with van der Waals surface area (Å²) >= 11 is 7.72. The number of hydrogen-bond acceptors (Lipinski definition) is 6. The number of nitrogens with one attached hydrogen (secondary N) is 1. The number of anilines is 1. The highest BCUT2D eigenvalue weighted by molar-refractivity contribution is 7.98. The van der Waals surface area contributed by atoms with E-state index in [1.165, 1.54) is 30.3 Å². The molecule has 34 heavy (non-hydrogen) atoms. The summed E-state index contributed by atoms with van der Waals surface area (Å²) in [6.45, 7) is -0.199. The third-order valence-corrected chi connectivity index (χ3v) is 7.90. The van der Waals surface area contributed by atoms with Gasteiger partial charge < -0.3 is 5.32 Å². The molecule has 0 fully saturated rings. The Bertz CT molecular complexity index is 1260. The lowest BCUT2D eigenvalue weighted by molar-refractivity contribution is -0.384. The van der Waals surface area contributed by atoms with Crippen molar-refractivity contribution in [2.75, 3.05) is 23.1 Å². The molecule has 178 valence electrons. The lowest BCUT2D eigenvalue weighted by Gasteiger charge is -2.24. The molecule has 3 aromatic carbocycles. The van der Waals surface area contributed by atoms with Crippen LogP contribution in [0.2, 0.25) is 5.02 Å². The Hall–Kier alpha value is -3.08. The van der Waals surface area contributed by atoms with Crippen LogP contribution in [-0.4, -0.2) is 38.1 Å². The molecular weight excluding hydrogens is 498 g/mol. The van der Waals surface area contributed by atoms with Gasteiger partial charge in [-0.05, 0) is 29.8 Å². The highest BCUT2D eigenvalue weighted by Crippen LogP contribution is 2.27. The Kier molecular flexibility index (Phi) is 8.91. The molecule has 11 heteroatoms. The van der Waals surface area contributed by atoms with E-state index in [-0.39, 0.29) is 16.3 Å². The molecule has 0 unspecified atom stereocenters. The number of hydrogen-bond donors (Lipinski definition) is 1. The lowest BCUT2D eigenvalue weighted by atomic mass is 10.2. The number of nitrogens with zero attached hydrogens (tertiary/aromatic N) is 2. The highest BCUT2D eigenvalue weighted by atomic mass is 35.5. The van der Waals surface area contributed by atoms with Crippen molar-refractivity contribution < 1.29 is 18.1 Å². The van der Waals surface area contributed by atoms with Crippen LogP contribution in [0.15, 0.2) is 83.8 Å². The Morgan fingerprint density at radius 1 is 1.03 bits per heavy atom. The molecule has 3 aromatic rings. The van der Waals surface area contributed by atoms with Crippen molar-refractivity contribution in [1.82, 2.24) is 5.32 Å². The second-order valence-corrected chi connectivity index (χ2v) is 10.5. The molecule has 1 amide bonds. The molecule has 1 N–H and O–H groups in total. The minimum Gasteiger partial charge on any atom is -0.354 e. The lowest BCUT2D eigenvalue weighted by Crippen LogP contribution is -2.41. The van der Waals surface area contributed by atoms with Gasteiger partial charge in [0.15, 0.2) is 0 Å². The first-order valence-electron chi connectivity index (χ1n) is 10.2. The Balaban J connectivity index is 1.69. The van der Waals surface area contributed by atoms with Crippen LogP contribution < -0.4 is 9.62 Å². The first-order valence-corrected chi connectivity index (χ1v) is 13.2. The van der Waals surface area contributed by atoms with E-state index in [0.717, 1.165) is 15.9 Å². The number of sulfonamides is 1. The zero-order chi connectivity index (χ0) is 24.6. The molecule has 8 nitrogen and oxygen atoms in total. The zero-order valence-corrected chi connectivity index (χ0v) is 20.4. The summed E-state index contributed by atoms with van der Waals surface area (Å²) in [4.78, 5) is 23.2. The number of nitro benzene ring substituents is 1. The zero-order valence-electron chi connectivity index (χ0n) is 18.0. The largest absolute Gasteiger partial charge is 0.354 e. The Morgan fingerprint density at radius 2 is 1.74 bits per heavy atom. The Labute approximate surface area is 207 Å². The van der Waals surface area contributed by atoms with Crippen LogP contribution in [0, 0.1) is 10.1 Å². The molecule has 0 aromatic heterocycles. The van der Waals surface area contributed by atoms with Gasteiger partial charge in [-0.2, -0.15) is 11.8 Å². The normalized spacial score (nSPS) is 11.1. The van der Waals surface area contributed by atoms with Crippen molar-refractivity contribution in [2.45, 2.75) is 10.6 Å². The summed E-state index contributed by atoms with van der Waals surface area (Å²) in [7, 11) is -4.14. The molecule has 0 saturated carbocycles. The SMILES string of the molecule is O=C(CN(c1cccc([N+](=O)[O-])c1)S(=O)(=O)c1ccccc1)NCCSCc1ccccc1Cl. The van der Waals surface area contributed by atoms with Crippen LogP contribution in [-0.2, 0) is 20.6 Å². The first-order chi connectivity index (χ1) is 16.3. The molecule has 0 saturated heterocycles. The van der Waals surface area contributed by atoms with Gasteiger partial charge in [0.1, 0.15) is 6.54 Å². The van der Waals surface area contributed by atoms with Crippen LogP contribution in [0.5, 0.6) is 0 Å². The van der Waals surface area contributed by atoms with Gasteiger partial charge in [-0.1, -0.05) is 54.1 Å². The molecule has 0 bridgehead atoms. The monoisotopic (exact) mass is 519 g/mol. The van der Waals surface area contributed by atoms with Gasteiger partial charge in [-0.25, -0.2) is 8.42 Å². The second-order valence-electron chi connectivity index (χ2n) is 7.10. The molecule has 0 radical (unpaired) electrons. The summed E-state index contributed by atoms with van der Waals surface area (Å²) in [5, 5.41) is 14.6. The van der Waals surface area contributed by atoms with Gasteiger partial charge in [-0.3, -0.25) is 19.2 Å². The predicted octanol–water partition coefficient (Wildman–Crippen LogP) is 4.49. The molecule has 0 aliphatic rings.